The van der Waals surface area contributed by atoms with E-state index < -0.39 is 10.0 Å². The maximum atomic E-state index is 12.9. The van der Waals surface area contributed by atoms with E-state index in [2.05, 4.69) is 44.7 Å². The van der Waals surface area contributed by atoms with Gasteiger partial charge in [0.05, 0.1) is 6.26 Å². The smallest absolute Gasteiger partial charge is 0.344 e. The molecule has 1 N–H and O–H groups in total. The van der Waals surface area contributed by atoms with Gasteiger partial charge in [0, 0.05) is 57.2 Å². The second-order valence-electron chi connectivity index (χ2n) is 10.6. The molecule has 0 atom stereocenters. The van der Waals surface area contributed by atoms with Gasteiger partial charge in [0.1, 0.15) is 0 Å². The molecular formula is C25H36N6O3S. The van der Waals surface area contributed by atoms with Crippen LogP contribution < -0.4 is 9.62 Å². The summed E-state index contributed by atoms with van der Waals surface area (Å²) in [5, 5.41) is 4.08. The third-order valence-corrected chi connectivity index (χ3v) is 8.38. The third-order valence-electron chi connectivity index (χ3n) is 7.80. The molecular weight excluding hydrogens is 464 g/mol. The van der Waals surface area contributed by atoms with Crippen LogP contribution in [0.15, 0.2) is 30.5 Å². The third kappa shape index (κ3) is 5.48. The highest BCUT2D eigenvalue weighted by Gasteiger charge is 2.41. The highest BCUT2D eigenvalue weighted by atomic mass is 32.2. The molecule has 0 radical (unpaired) electrons. The molecule has 4 heterocycles. The van der Waals surface area contributed by atoms with E-state index in [1.165, 1.54) is 66.1 Å². The van der Waals surface area contributed by atoms with Crippen molar-refractivity contribution in [1.82, 2.24) is 19.6 Å². The first kappa shape index (κ1) is 24.1. The molecule has 3 saturated heterocycles. The van der Waals surface area contributed by atoms with Gasteiger partial charge in [-0.25, -0.2) is 13.2 Å². The summed E-state index contributed by atoms with van der Waals surface area (Å²) in [4.78, 5) is 19.8. The van der Waals surface area contributed by atoms with Crippen LogP contribution >= 0.6 is 0 Å². The van der Waals surface area contributed by atoms with Gasteiger partial charge in [-0.05, 0) is 68.2 Å². The molecule has 10 heteroatoms. The van der Waals surface area contributed by atoms with Crippen molar-refractivity contribution >= 4 is 27.6 Å². The summed E-state index contributed by atoms with van der Waals surface area (Å²) in [5.74, 6) is 0.157. The first-order valence-electron chi connectivity index (χ1n) is 12.6. The van der Waals surface area contributed by atoms with Gasteiger partial charge in [0.2, 0.25) is 10.0 Å². The van der Waals surface area contributed by atoms with Gasteiger partial charge in [-0.1, -0.05) is 12.1 Å². The Morgan fingerprint density at radius 1 is 1.06 bits per heavy atom. The van der Waals surface area contributed by atoms with E-state index in [1.807, 2.05) is 4.90 Å². The maximum absolute atomic E-state index is 12.9. The number of carbonyl (C=O) groups is 1. The molecule has 1 amide bonds. The molecule has 0 aliphatic carbocycles. The van der Waals surface area contributed by atoms with Gasteiger partial charge in [0.25, 0.3) is 0 Å². The minimum atomic E-state index is -3.42. The molecule has 0 saturated carbocycles. The quantitative estimate of drug-likeness (QED) is 0.678. The van der Waals surface area contributed by atoms with Crippen molar-refractivity contribution in [3.05, 3.63) is 41.6 Å². The van der Waals surface area contributed by atoms with E-state index in [0.29, 0.717) is 13.1 Å². The van der Waals surface area contributed by atoms with Gasteiger partial charge in [-0.2, -0.15) is 4.68 Å². The Hall–Kier alpha value is -2.59. The first-order chi connectivity index (χ1) is 16.7. The molecule has 3 aliphatic rings. The summed E-state index contributed by atoms with van der Waals surface area (Å²) in [6, 6.07) is 8.25. The number of likely N-dealkylation sites (tertiary alicyclic amines) is 2. The van der Waals surface area contributed by atoms with Crippen LogP contribution in [0.2, 0.25) is 0 Å². The van der Waals surface area contributed by atoms with E-state index in [-0.39, 0.29) is 17.3 Å². The second kappa shape index (κ2) is 9.46. The number of nitrogens with zero attached hydrogens (tertiary/aromatic N) is 5. The Bertz CT molecular complexity index is 1180. The summed E-state index contributed by atoms with van der Waals surface area (Å²) in [7, 11) is -3.42. The summed E-state index contributed by atoms with van der Waals surface area (Å²) in [6.07, 6.45) is 8.30. The maximum Gasteiger partial charge on any atom is 0.344 e. The lowest BCUT2D eigenvalue weighted by atomic mass is 9.78. The number of anilines is 2. The molecule has 3 fully saturated rings. The molecule has 190 valence electrons. The minimum absolute atomic E-state index is 0.157. The number of carbonyl (C=O) groups excluding carboxylic acids is 1. The van der Waals surface area contributed by atoms with Crippen LogP contribution in [0.25, 0.3) is 0 Å². The van der Waals surface area contributed by atoms with Gasteiger partial charge >= 0.3 is 6.03 Å². The number of hydrogen-bond donors (Lipinski definition) is 1. The predicted octanol–water partition coefficient (Wildman–Crippen LogP) is 3.12. The van der Waals surface area contributed by atoms with Crippen LogP contribution in [0.5, 0.6) is 0 Å². The van der Waals surface area contributed by atoms with Crippen LogP contribution in [-0.2, 0) is 16.6 Å². The van der Waals surface area contributed by atoms with E-state index in [9.17, 15) is 13.2 Å². The Labute approximate surface area is 208 Å². The highest BCUT2D eigenvalue weighted by molar-refractivity contribution is 7.92. The van der Waals surface area contributed by atoms with Gasteiger partial charge in [-0.3, -0.25) is 9.62 Å². The van der Waals surface area contributed by atoms with Crippen LogP contribution in [0.3, 0.4) is 0 Å². The van der Waals surface area contributed by atoms with E-state index in [0.717, 1.165) is 38.7 Å². The number of rotatable bonds is 5. The number of sulfonamides is 1. The van der Waals surface area contributed by atoms with Crippen molar-refractivity contribution in [2.45, 2.75) is 45.6 Å². The topological polar surface area (TPSA) is 90.8 Å². The van der Waals surface area contributed by atoms with Crippen LogP contribution in [-0.4, -0.2) is 79.6 Å². The van der Waals surface area contributed by atoms with E-state index in [1.54, 1.807) is 0 Å². The van der Waals surface area contributed by atoms with Gasteiger partial charge < -0.3 is 9.80 Å². The highest BCUT2D eigenvalue weighted by Crippen LogP contribution is 2.41. The molecule has 9 nitrogen and oxygen atoms in total. The average Bonchev–Trinajstić information content (AvgIpc) is 3.56. The Morgan fingerprint density at radius 2 is 1.77 bits per heavy atom. The fraction of sp³-hybridized carbons (Fsp3) is 0.600. The summed E-state index contributed by atoms with van der Waals surface area (Å²) in [5.41, 5.74) is 4.41. The molecule has 1 aromatic heterocycles. The standard InChI is InChI=1S/C25H36N6O3S/c1-20-17-21(5-6-22(20)29-11-3-4-12-29)18-28-14-8-25(19-28)9-15-30(16-10-25)24(32)31-13-7-23(26-31)27-35(2,33)34/h5-7,13,17H,3-4,8-12,14-16,18-19H2,1-2H3,(H,26,27). The van der Waals surface area contributed by atoms with Crippen molar-refractivity contribution in [3.63, 3.8) is 0 Å². The van der Waals surface area contributed by atoms with E-state index in [4.69, 9.17) is 0 Å². The lowest BCUT2D eigenvalue weighted by Crippen LogP contribution is -2.45. The summed E-state index contributed by atoms with van der Waals surface area (Å²) in [6.45, 7) is 9.13. The molecule has 1 spiro atoms. The van der Waals surface area contributed by atoms with Crippen molar-refractivity contribution in [2.24, 2.45) is 5.41 Å². The zero-order valence-corrected chi connectivity index (χ0v) is 21.6. The number of nitrogens with one attached hydrogen (secondary N) is 1. The largest absolute Gasteiger partial charge is 0.371 e. The average molecular weight is 501 g/mol. The molecule has 1 aromatic carbocycles. The van der Waals surface area contributed by atoms with Gasteiger partial charge in [-0.15, -0.1) is 5.10 Å². The van der Waals surface area contributed by atoms with E-state index >= 15 is 0 Å². The number of hydrogen-bond acceptors (Lipinski definition) is 6. The normalized spacial score (nSPS) is 20.6. The molecule has 3 aliphatic heterocycles. The van der Waals surface area contributed by atoms with Crippen molar-refractivity contribution in [1.29, 1.82) is 0 Å². The number of aromatic nitrogens is 2. The monoisotopic (exact) mass is 500 g/mol. The summed E-state index contributed by atoms with van der Waals surface area (Å²) < 4.78 is 26.3. The fourth-order valence-electron chi connectivity index (χ4n) is 5.95. The first-order valence-corrected chi connectivity index (χ1v) is 14.5. The molecule has 0 unspecified atom stereocenters. The Kier molecular flexibility index (Phi) is 6.52. The SMILES string of the molecule is Cc1cc(CN2CCC3(CCN(C(=O)n4ccc(NS(C)(=O)=O)n4)CC3)C2)ccc1N1CCCC1. The number of amides is 1. The Morgan fingerprint density at radius 3 is 2.46 bits per heavy atom. The van der Waals surface area contributed by atoms with Gasteiger partial charge in [0.15, 0.2) is 5.82 Å². The molecule has 35 heavy (non-hydrogen) atoms. The summed E-state index contributed by atoms with van der Waals surface area (Å²) >= 11 is 0. The fourth-order valence-corrected chi connectivity index (χ4v) is 6.44. The minimum Gasteiger partial charge on any atom is -0.371 e. The number of benzene rings is 1. The lowest BCUT2D eigenvalue weighted by molar-refractivity contribution is 0.118. The number of aryl methyl sites for hydroxylation is 1. The lowest BCUT2D eigenvalue weighted by Gasteiger charge is -2.39. The van der Waals surface area contributed by atoms with Crippen molar-refractivity contribution in [3.8, 4) is 0 Å². The molecule has 2 aromatic rings. The van der Waals surface area contributed by atoms with Crippen LogP contribution in [0.4, 0.5) is 16.3 Å². The zero-order chi connectivity index (χ0) is 24.6. The molecule has 0 bridgehead atoms. The zero-order valence-electron chi connectivity index (χ0n) is 20.7. The predicted molar refractivity (Wildman–Crippen MR) is 137 cm³/mol. The van der Waals surface area contributed by atoms with Crippen molar-refractivity contribution in [2.75, 3.05) is 55.1 Å². The van der Waals surface area contributed by atoms with Crippen LogP contribution in [0.1, 0.15) is 43.2 Å². The molecule has 5 rings (SSSR count). The Balaban J connectivity index is 1.14. The van der Waals surface area contributed by atoms with Crippen molar-refractivity contribution < 1.29 is 13.2 Å². The van der Waals surface area contributed by atoms with Crippen LogP contribution in [0, 0.1) is 12.3 Å². The number of piperidine rings is 1. The second-order valence-corrected chi connectivity index (χ2v) is 12.3.